The number of benzene rings is 7. The van der Waals surface area contributed by atoms with E-state index in [-0.39, 0.29) is 5.41 Å². The summed E-state index contributed by atoms with van der Waals surface area (Å²) in [6, 6.07) is 60.1. The van der Waals surface area contributed by atoms with E-state index in [0.717, 1.165) is 72.3 Å². The Bertz CT molecular complexity index is 2810. The van der Waals surface area contributed by atoms with Gasteiger partial charge in [0.2, 0.25) is 0 Å². The number of fused-ring (bicyclic) bond motifs is 6. The number of nitrogens with zero attached hydrogens (tertiary/aromatic N) is 2. The van der Waals surface area contributed by atoms with Crippen molar-refractivity contribution >= 4 is 21.9 Å². The normalized spacial score (nSPS) is 13.0. The van der Waals surface area contributed by atoms with E-state index in [9.17, 15) is 0 Å². The smallest absolute Gasteiger partial charge is 0.160 e. The zero-order valence-corrected chi connectivity index (χ0v) is 29.0. The van der Waals surface area contributed by atoms with E-state index < -0.39 is 0 Å². The molecule has 3 nitrogen and oxygen atoms in total. The Morgan fingerprint density at radius 1 is 0.385 bits per heavy atom. The van der Waals surface area contributed by atoms with E-state index in [0.29, 0.717) is 5.82 Å². The molecule has 2 heterocycles. The van der Waals surface area contributed by atoms with Crippen LogP contribution in [0.5, 0.6) is 0 Å². The van der Waals surface area contributed by atoms with Gasteiger partial charge >= 0.3 is 0 Å². The second-order valence-corrected chi connectivity index (χ2v) is 14.2. The molecule has 7 aromatic carbocycles. The molecule has 3 heteroatoms. The molecule has 52 heavy (non-hydrogen) atoms. The molecule has 0 bridgehead atoms. The zero-order chi connectivity index (χ0) is 34.8. The molecule has 1 aliphatic rings. The molecule has 0 saturated heterocycles. The molecule has 246 valence electrons. The van der Waals surface area contributed by atoms with Crippen LogP contribution in [0.4, 0.5) is 0 Å². The molecule has 2 aromatic heterocycles. The van der Waals surface area contributed by atoms with E-state index in [1.807, 2.05) is 30.3 Å². The van der Waals surface area contributed by atoms with Gasteiger partial charge < -0.3 is 4.42 Å². The maximum absolute atomic E-state index is 6.32. The third-order valence-corrected chi connectivity index (χ3v) is 10.7. The number of hydrogen-bond acceptors (Lipinski definition) is 3. The summed E-state index contributed by atoms with van der Waals surface area (Å²) in [4.78, 5) is 10.5. The van der Waals surface area contributed by atoms with Crippen molar-refractivity contribution < 1.29 is 4.42 Å². The first-order valence-corrected chi connectivity index (χ1v) is 17.8. The topological polar surface area (TPSA) is 38.9 Å². The van der Waals surface area contributed by atoms with Crippen LogP contribution in [-0.4, -0.2) is 9.97 Å². The van der Waals surface area contributed by atoms with Crippen LogP contribution >= 0.6 is 0 Å². The Morgan fingerprint density at radius 2 is 0.981 bits per heavy atom. The SMILES string of the molecule is CC1(C)c2ccccc2-c2ccc(-c3cc(-c4cc(-c5ccccc5)cc(-c5ccc6c(c5)oc5ccccc56)c4)nc(-c4ccccc4)n3)cc21. The summed E-state index contributed by atoms with van der Waals surface area (Å²) in [5.41, 5.74) is 16.3. The summed E-state index contributed by atoms with van der Waals surface area (Å²) in [7, 11) is 0. The molecule has 9 aromatic rings. The van der Waals surface area contributed by atoms with Crippen molar-refractivity contribution in [3.63, 3.8) is 0 Å². The lowest BCUT2D eigenvalue weighted by molar-refractivity contribution is 0.660. The van der Waals surface area contributed by atoms with Gasteiger partial charge in [-0.15, -0.1) is 0 Å². The predicted octanol–water partition coefficient (Wildman–Crippen LogP) is 13.0. The first-order chi connectivity index (χ1) is 25.5. The van der Waals surface area contributed by atoms with Gasteiger partial charge in [-0.1, -0.05) is 135 Å². The highest BCUT2D eigenvalue weighted by Crippen LogP contribution is 2.49. The molecule has 1 aliphatic carbocycles. The maximum Gasteiger partial charge on any atom is 0.160 e. The molecule has 0 radical (unpaired) electrons. The molecule has 0 saturated carbocycles. The third-order valence-electron chi connectivity index (χ3n) is 10.7. The van der Waals surface area contributed by atoms with Crippen LogP contribution < -0.4 is 0 Å². The van der Waals surface area contributed by atoms with Gasteiger partial charge in [0.15, 0.2) is 5.82 Å². The predicted molar refractivity (Wildman–Crippen MR) is 214 cm³/mol. The molecule has 0 unspecified atom stereocenters. The van der Waals surface area contributed by atoms with Crippen LogP contribution in [0, 0.1) is 0 Å². The summed E-state index contributed by atoms with van der Waals surface area (Å²) < 4.78 is 6.32. The molecule has 0 fully saturated rings. The van der Waals surface area contributed by atoms with Crippen molar-refractivity contribution in [2.24, 2.45) is 0 Å². The van der Waals surface area contributed by atoms with E-state index in [1.54, 1.807) is 0 Å². The quantitative estimate of drug-likeness (QED) is 0.183. The average Bonchev–Trinajstić information content (AvgIpc) is 3.69. The lowest BCUT2D eigenvalue weighted by Gasteiger charge is -2.22. The first-order valence-electron chi connectivity index (χ1n) is 17.8. The van der Waals surface area contributed by atoms with Crippen molar-refractivity contribution in [3.05, 3.63) is 181 Å². The number of aromatic nitrogens is 2. The summed E-state index contributed by atoms with van der Waals surface area (Å²) in [5, 5.41) is 2.25. The Hall–Kier alpha value is -6.58. The average molecular weight is 667 g/mol. The highest BCUT2D eigenvalue weighted by atomic mass is 16.3. The summed E-state index contributed by atoms with van der Waals surface area (Å²) in [6.07, 6.45) is 0. The molecule has 0 aliphatic heterocycles. The number of rotatable bonds is 5. The monoisotopic (exact) mass is 666 g/mol. The third kappa shape index (κ3) is 4.97. The van der Waals surface area contributed by atoms with Crippen LogP contribution in [0.25, 0.3) is 89.2 Å². The summed E-state index contributed by atoms with van der Waals surface area (Å²) in [5.74, 6) is 0.700. The standard InChI is InChI=1S/C49H34N2O/c1-49(2)42-19-11-9-17-38(42)39-23-22-34(28-43(39)49)44-30-45(51-48(50-44)32-15-7-4-8-16-32)37-26-35(31-13-5-3-6-14-31)25-36(27-37)33-21-24-41-40-18-10-12-20-46(40)52-47(41)29-33/h3-30H,1-2H3. The minimum absolute atomic E-state index is 0.111. The fourth-order valence-electron chi connectivity index (χ4n) is 7.97. The van der Waals surface area contributed by atoms with Crippen LogP contribution in [0.1, 0.15) is 25.0 Å². The van der Waals surface area contributed by atoms with Gasteiger partial charge in [0, 0.05) is 32.9 Å². The molecule has 0 amide bonds. The van der Waals surface area contributed by atoms with Crippen molar-refractivity contribution in [3.8, 4) is 67.3 Å². The van der Waals surface area contributed by atoms with Crippen LogP contribution in [0.3, 0.4) is 0 Å². The van der Waals surface area contributed by atoms with Gasteiger partial charge in [-0.2, -0.15) is 0 Å². The van der Waals surface area contributed by atoms with Crippen molar-refractivity contribution in [1.29, 1.82) is 0 Å². The molecular formula is C49H34N2O. The number of furan rings is 1. The summed E-state index contributed by atoms with van der Waals surface area (Å²) in [6.45, 7) is 4.64. The zero-order valence-electron chi connectivity index (χ0n) is 29.0. The number of hydrogen-bond donors (Lipinski definition) is 0. The molecular weight excluding hydrogens is 633 g/mol. The highest BCUT2D eigenvalue weighted by Gasteiger charge is 2.35. The van der Waals surface area contributed by atoms with E-state index >= 15 is 0 Å². The highest BCUT2D eigenvalue weighted by molar-refractivity contribution is 6.06. The second kappa shape index (κ2) is 11.8. The van der Waals surface area contributed by atoms with Crippen LogP contribution in [-0.2, 0) is 5.41 Å². The second-order valence-electron chi connectivity index (χ2n) is 14.2. The van der Waals surface area contributed by atoms with Gasteiger partial charge in [-0.05, 0) is 93.0 Å². The minimum atomic E-state index is -0.111. The van der Waals surface area contributed by atoms with Crippen molar-refractivity contribution in [2.45, 2.75) is 19.3 Å². The van der Waals surface area contributed by atoms with Crippen molar-refractivity contribution in [1.82, 2.24) is 9.97 Å². The minimum Gasteiger partial charge on any atom is -0.456 e. The van der Waals surface area contributed by atoms with Gasteiger partial charge in [-0.25, -0.2) is 9.97 Å². The van der Waals surface area contributed by atoms with E-state index in [1.165, 1.54) is 22.3 Å². The van der Waals surface area contributed by atoms with E-state index in [4.69, 9.17) is 14.4 Å². The fraction of sp³-hybridized carbons (Fsp3) is 0.0612. The molecule has 0 atom stereocenters. The Morgan fingerprint density at radius 3 is 1.79 bits per heavy atom. The van der Waals surface area contributed by atoms with Gasteiger partial charge in [0.05, 0.1) is 11.4 Å². The lowest BCUT2D eigenvalue weighted by atomic mass is 9.82. The Balaban J connectivity index is 1.17. The lowest BCUT2D eigenvalue weighted by Crippen LogP contribution is -2.14. The van der Waals surface area contributed by atoms with Gasteiger partial charge in [0.1, 0.15) is 11.2 Å². The van der Waals surface area contributed by atoms with Crippen LogP contribution in [0.15, 0.2) is 174 Å². The number of para-hydroxylation sites is 1. The van der Waals surface area contributed by atoms with Gasteiger partial charge in [-0.3, -0.25) is 0 Å². The molecule has 10 rings (SSSR count). The van der Waals surface area contributed by atoms with Gasteiger partial charge in [0.25, 0.3) is 0 Å². The van der Waals surface area contributed by atoms with Crippen molar-refractivity contribution in [2.75, 3.05) is 0 Å². The largest absolute Gasteiger partial charge is 0.456 e. The first kappa shape index (κ1) is 30.3. The fourth-order valence-corrected chi connectivity index (χ4v) is 7.97. The Kier molecular flexibility index (Phi) is 6.84. The molecule has 0 N–H and O–H groups in total. The summed E-state index contributed by atoms with van der Waals surface area (Å²) >= 11 is 0. The Labute approximate surface area is 302 Å². The van der Waals surface area contributed by atoms with Crippen LogP contribution in [0.2, 0.25) is 0 Å². The molecule has 0 spiro atoms. The maximum atomic E-state index is 6.32. The van der Waals surface area contributed by atoms with E-state index in [2.05, 4.69) is 153 Å².